The van der Waals surface area contributed by atoms with E-state index >= 15 is 0 Å². The van der Waals surface area contributed by atoms with Crippen LogP contribution in [-0.4, -0.2) is 10.1 Å². The average Bonchev–Trinajstić information content (AvgIpc) is 2.58. The molecule has 18 heavy (non-hydrogen) atoms. The molecule has 2 N–H and O–H groups in total. The number of rotatable bonds is 2. The lowest BCUT2D eigenvalue weighted by atomic mass is 9.90. The minimum Gasteiger partial charge on any atom is -0.339 e. The van der Waals surface area contributed by atoms with Crippen molar-refractivity contribution in [3.63, 3.8) is 0 Å². The Hall–Kier alpha value is -0.900. The molecule has 0 saturated heterocycles. The molecule has 0 atom stereocenters. The maximum absolute atomic E-state index is 6.47. The zero-order valence-corrected chi connectivity index (χ0v) is 11.8. The fraction of sp³-hybridized carbons (Fsp3) is 0.857. The molecule has 0 aromatic carbocycles. The van der Waals surface area contributed by atoms with Gasteiger partial charge in [-0.05, 0) is 18.3 Å². The van der Waals surface area contributed by atoms with Gasteiger partial charge in [0.25, 0.3) is 0 Å². The van der Waals surface area contributed by atoms with E-state index in [1.54, 1.807) is 0 Å². The lowest BCUT2D eigenvalue weighted by Crippen LogP contribution is -2.37. The van der Waals surface area contributed by atoms with E-state index in [1.807, 2.05) is 0 Å². The van der Waals surface area contributed by atoms with Crippen molar-refractivity contribution in [1.82, 2.24) is 10.1 Å². The molecule has 4 heteroatoms. The highest BCUT2D eigenvalue weighted by Crippen LogP contribution is 2.32. The fourth-order valence-corrected chi connectivity index (χ4v) is 2.57. The average molecular weight is 251 g/mol. The summed E-state index contributed by atoms with van der Waals surface area (Å²) in [6.45, 7) is 6.50. The second-order valence-corrected chi connectivity index (χ2v) is 6.82. The van der Waals surface area contributed by atoms with Crippen LogP contribution < -0.4 is 5.73 Å². The molecular formula is C14H25N3O. The second-order valence-electron chi connectivity index (χ2n) is 6.82. The Labute approximate surface area is 109 Å². The molecule has 1 aliphatic rings. The third-order valence-electron chi connectivity index (χ3n) is 3.59. The zero-order chi connectivity index (χ0) is 13.2. The van der Waals surface area contributed by atoms with Crippen molar-refractivity contribution in [3.8, 4) is 0 Å². The largest absolute Gasteiger partial charge is 0.339 e. The molecule has 0 aliphatic heterocycles. The Morgan fingerprint density at radius 2 is 1.78 bits per heavy atom. The van der Waals surface area contributed by atoms with Gasteiger partial charge < -0.3 is 10.3 Å². The molecule has 1 aliphatic carbocycles. The molecule has 0 bridgehead atoms. The van der Waals surface area contributed by atoms with Crippen molar-refractivity contribution < 1.29 is 4.52 Å². The second kappa shape index (κ2) is 5.00. The number of hydrogen-bond donors (Lipinski definition) is 1. The van der Waals surface area contributed by atoms with E-state index in [0.717, 1.165) is 19.3 Å². The van der Waals surface area contributed by atoms with Crippen LogP contribution in [0.25, 0.3) is 0 Å². The van der Waals surface area contributed by atoms with Crippen LogP contribution in [0.2, 0.25) is 0 Å². The summed E-state index contributed by atoms with van der Waals surface area (Å²) in [5, 5.41) is 4.13. The van der Waals surface area contributed by atoms with Crippen LogP contribution in [0.5, 0.6) is 0 Å². The summed E-state index contributed by atoms with van der Waals surface area (Å²) in [6, 6.07) is 0. The number of aromatic nitrogens is 2. The lowest BCUT2D eigenvalue weighted by Gasteiger charge is -2.23. The first-order valence-electron chi connectivity index (χ1n) is 7.01. The monoisotopic (exact) mass is 251 g/mol. The van der Waals surface area contributed by atoms with E-state index in [4.69, 9.17) is 10.3 Å². The van der Waals surface area contributed by atoms with Gasteiger partial charge in [-0.15, -0.1) is 0 Å². The molecule has 0 amide bonds. The first kappa shape index (κ1) is 13.5. The van der Waals surface area contributed by atoms with Crippen LogP contribution in [-0.2, 0) is 12.0 Å². The van der Waals surface area contributed by atoms with Gasteiger partial charge in [-0.3, -0.25) is 0 Å². The summed E-state index contributed by atoms with van der Waals surface area (Å²) in [6.07, 6.45) is 7.62. The van der Waals surface area contributed by atoms with Gasteiger partial charge >= 0.3 is 0 Å². The fourth-order valence-electron chi connectivity index (χ4n) is 2.57. The van der Waals surface area contributed by atoms with E-state index in [1.165, 1.54) is 25.7 Å². The highest BCUT2D eigenvalue weighted by Gasteiger charge is 2.33. The molecule has 1 saturated carbocycles. The smallest absolute Gasteiger partial charge is 0.227 e. The number of nitrogens with two attached hydrogens (primary N) is 1. The van der Waals surface area contributed by atoms with Gasteiger partial charge in [0, 0.05) is 6.42 Å². The van der Waals surface area contributed by atoms with Crippen molar-refractivity contribution in [1.29, 1.82) is 0 Å². The van der Waals surface area contributed by atoms with E-state index < -0.39 is 0 Å². The molecule has 1 heterocycles. The predicted molar refractivity (Wildman–Crippen MR) is 71.0 cm³/mol. The van der Waals surface area contributed by atoms with Crippen LogP contribution in [0, 0.1) is 5.41 Å². The molecule has 2 rings (SSSR count). The van der Waals surface area contributed by atoms with E-state index in [9.17, 15) is 0 Å². The molecule has 1 aromatic rings. The lowest BCUT2D eigenvalue weighted by molar-refractivity contribution is 0.300. The zero-order valence-electron chi connectivity index (χ0n) is 11.8. The van der Waals surface area contributed by atoms with Gasteiger partial charge in [0.15, 0.2) is 5.82 Å². The maximum Gasteiger partial charge on any atom is 0.227 e. The van der Waals surface area contributed by atoms with Gasteiger partial charge in [0.1, 0.15) is 0 Å². The van der Waals surface area contributed by atoms with Crippen molar-refractivity contribution in [2.24, 2.45) is 11.1 Å². The van der Waals surface area contributed by atoms with Crippen molar-refractivity contribution in [2.75, 3.05) is 0 Å². The van der Waals surface area contributed by atoms with E-state index in [2.05, 4.69) is 30.9 Å². The minimum absolute atomic E-state index is 0.162. The van der Waals surface area contributed by atoms with Crippen molar-refractivity contribution >= 4 is 0 Å². The quantitative estimate of drug-likeness (QED) is 0.820. The Kier molecular flexibility index (Phi) is 3.76. The molecule has 4 nitrogen and oxygen atoms in total. The van der Waals surface area contributed by atoms with E-state index in [0.29, 0.717) is 11.7 Å². The summed E-state index contributed by atoms with van der Waals surface area (Å²) >= 11 is 0. The summed E-state index contributed by atoms with van der Waals surface area (Å²) < 4.78 is 5.36. The highest BCUT2D eigenvalue weighted by molar-refractivity contribution is 5.05. The SMILES string of the molecule is CC(C)(C)Cc1nc(C2(N)CCCCCC2)no1. The molecule has 0 spiro atoms. The molecule has 0 radical (unpaired) electrons. The standard InChI is InChI=1S/C14H25N3O/c1-13(2,3)10-11-16-12(17-18-11)14(15)8-6-4-5-7-9-14/h4-10,15H2,1-3H3. The van der Waals surface area contributed by atoms with Crippen LogP contribution >= 0.6 is 0 Å². The first-order valence-corrected chi connectivity index (χ1v) is 7.01. The van der Waals surface area contributed by atoms with Gasteiger partial charge in [-0.25, -0.2) is 0 Å². The third-order valence-corrected chi connectivity index (χ3v) is 3.59. The third kappa shape index (κ3) is 3.31. The summed E-state index contributed by atoms with van der Waals surface area (Å²) in [5.41, 5.74) is 6.27. The molecule has 102 valence electrons. The van der Waals surface area contributed by atoms with Crippen molar-refractivity contribution in [2.45, 2.75) is 71.3 Å². The summed E-state index contributed by atoms with van der Waals surface area (Å²) in [4.78, 5) is 4.53. The van der Waals surface area contributed by atoms with Crippen LogP contribution in [0.15, 0.2) is 4.52 Å². The molecule has 0 unspecified atom stereocenters. The van der Waals surface area contributed by atoms with Crippen LogP contribution in [0.3, 0.4) is 0 Å². The Morgan fingerprint density at radius 1 is 1.17 bits per heavy atom. The van der Waals surface area contributed by atoms with Gasteiger partial charge in [0.05, 0.1) is 5.54 Å². The Balaban J connectivity index is 2.13. The van der Waals surface area contributed by atoms with Gasteiger partial charge in [-0.1, -0.05) is 51.6 Å². The van der Waals surface area contributed by atoms with Crippen LogP contribution in [0.4, 0.5) is 0 Å². The van der Waals surface area contributed by atoms with Gasteiger partial charge in [-0.2, -0.15) is 4.98 Å². The predicted octanol–water partition coefficient (Wildman–Crippen LogP) is 3.17. The van der Waals surface area contributed by atoms with Crippen molar-refractivity contribution in [3.05, 3.63) is 11.7 Å². The highest BCUT2D eigenvalue weighted by atomic mass is 16.5. The number of hydrogen-bond acceptors (Lipinski definition) is 4. The number of nitrogens with zero attached hydrogens (tertiary/aromatic N) is 2. The summed E-state index contributed by atoms with van der Waals surface area (Å²) in [5.74, 6) is 1.43. The molecule has 1 fully saturated rings. The van der Waals surface area contributed by atoms with Crippen LogP contribution in [0.1, 0.15) is 71.0 Å². The Bertz CT molecular complexity index is 384. The maximum atomic E-state index is 6.47. The minimum atomic E-state index is -0.365. The normalized spacial score (nSPS) is 20.7. The topological polar surface area (TPSA) is 64.9 Å². The van der Waals surface area contributed by atoms with Gasteiger partial charge in [0.2, 0.25) is 5.89 Å². The summed E-state index contributed by atoms with van der Waals surface area (Å²) in [7, 11) is 0. The van der Waals surface area contributed by atoms with E-state index in [-0.39, 0.29) is 11.0 Å². The first-order chi connectivity index (χ1) is 8.39. The molecule has 1 aromatic heterocycles. The molecular weight excluding hydrogens is 226 g/mol. The Morgan fingerprint density at radius 3 is 2.33 bits per heavy atom.